The van der Waals surface area contributed by atoms with Crippen molar-refractivity contribution in [3.63, 3.8) is 0 Å². The van der Waals surface area contributed by atoms with E-state index in [-0.39, 0.29) is 0 Å². The molecule has 2 atom stereocenters. The van der Waals surface area contributed by atoms with Gasteiger partial charge in [0.05, 0.1) is 0 Å². The molecule has 0 aliphatic heterocycles. The second-order valence-electron chi connectivity index (χ2n) is 1.99. The van der Waals surface area contributed by atoms with E-state index < -0.39 is 0 Å². The highest BCUT2D eigenvalue weighted by atomic mass is 79.9. The lowest BCUT2D eigenvalue weighted by Crippen LogP contribution is -2.06. The number of halogens is 1. The van der Waals surface area contributed by atoms with Gasteiger partial charge in [-0.05, 0) is 12.3 Å². The number of hydrogen-bond donors (Lipinski definition) is 0. The van der Waals surface area contributed by atoms with Gasteiger partial charge in [-0.25, -0.2) is 0 Å². The Labute approximate surface area is 70.2 Å². The summed E-state index contributed by atoms with van der Waals surface area (Å²) in [7, 11) is 0. The van der Waals surface area contributed by atoms with Crippen LogP contribution in [0.4, 0.5) is 0 Å². The van der Waals surface area contributed by atoms with Crippen LogP contribution < -0.4 is 0 Å². The molecule has 54 valence electrons. The summed E-state index contributed by atoms with van der Waals surface area (Å²) in [6, 6.07) is 0. The van der Waals surface area contributed by atoms with Crippen molar-refractivity contribution < 1.29 is 0 Å². The van der Waals surface area contributed by atoms with Gasteiger partial charge in [0, 0.05) is 10.1 Å². The van der Waals surface area contributed by atoms with Gasteiger partial charge in [-0.3, -0.25) is 0 Å². The van der Waals surface area contributed by atoms with E-state index in [9.17, 15) is 0 Å². The zero-order valence-corrected chi connectivity index (χ0v) is 8.50. The van der Waals surface area contributed by atoms with E-state index in [0.717, 1.165) is 0 Å². The third kappa shape index (κ3) is 5.04. The van der Waals surface area contributed by atoms with E-state index in [1.807, 2.05) is 18.7 Å². The van der Waals surface area contributed by atoms with Gasteiger partial charge in [0.25, 0.3) is 0 Å². The first kappa shape index (κ1) is 9.57. The van der Waals surface area contributed by atoms with Gasteiger partial charge in [0.15, 0.2) is 0 Å². The Bertz CT molecular complexity index is 88.9. The summed E-state index contributed by atoms with van der Waals surface area (Å²) >= 11 is 5.37. The van der Waals surface area contributed by atoms with E-state index in [1.165, 1.54) is 0 Å². The first-order valence-electron chi connectivity index (χ1n) is 3.09. The number of hydrogen-bond acceptors (Lipinski definition) is 1. The molecule has 0 nitrogen and oxygen atoms in total. The Morgan fingerprint density at radius 1 is 1.44 bits per heavy atom. The molecule has 0 aromatic rings. The summed E-state index contributed by atoms with van der Waals surface area (Å²) in [6.07, 6.45) is 2.07. The average molecular weight is 209 g/mol. The topological polar surface area (TPSA) is 0 Å². The van der Waals surface area contributed by atoms with Crippen molar-refractivity contribution in [3.8, 4) is 0 Å². The van der Waals surface area contributed by atoms with Gasteiger partial charge in [-0.15, -0.1) is 11.8 Å². The van der Waals surface area contributed by atoms with Gasteiger partial charge < -0.3 is 0 Å². The lowest BCUT2D eigenvalue weighted by molar-refractivity contribution is 0.946. The molecule has 0 radical (unpaired) electrons. The molecule has 0 spiro atoms. The highest BCUT2D eigenvalue weighted by Gasteiger charge is 2.05. The molecule has 0 aromatic heterocycles. The summed E-state index contributed by atoms with van der Waals surface area (Å²) in [5, 5.41) is 2.80. The van der Waals surface area contributed by atoms with Crippen LogP contribution in [-0.4, -0.2) is 10.1 Å². The summed E-state index contributed by atoms with van der Waals surface area (Å²) in [5.41, 5.74) is 0. The van der Waals surface area contributed by atoms with Crippen LogP contribution in [0.1, 0.15) is 20.8 Å². The normalized spacial score (nSPS) is 18.2. The maximum absolute atomic E-state index is 3.52. The van der Waals surface area contributed by atoms with Crippen LogP contribution in [0.5, 0.6) is 0 Å². The minimum Gasteiger partial charge on any atom is -0.130 e. The molecule has 0 heterocycles. The standard InChI is InChI=1S/C7H13BrS/c1-4-5-9-7(3)6(2)8/h4-7H,1-3H3/b5-4-. The molecule has 0 aromatic carbocycles. The van der Waals surface area contributed by atoms with Crippen LogP contribution in [0, 0.1) is 0 Å². The van der Waals surface area contributed by atoms with Crippen LogP contribution in [0.15, 0.2) is 11.5 Å². The Morgan fingerprint density at radius 2 is 2.00 bits per heavy atom. The predicted molar refractivity (Wildman–Crippen MR) is 50.3 cm³/mol. The van der Waals surface area contributed by atoms with E-state index in [2.05, 4.69) is 41.3 Å². The van der Waals surface area contributed by atoms with Crippen molar-refractivity contribution in [1.29, 1.82) is 0 Å². The lowest BCUT2D eigenvalue weighted by atomic mass is 10.4. The Balaban J connectivity index is 3.38. The second kappa shape index (κ2) is 5.36. The van der Waals surface area contributed by atoms with Crippen LogP contribution >= 0.6 is 27.7 Å². The number of thioether (sulfide) groups is 1. The van der Waals surface area contributed by atoms with Crippen molar-refractivity contribution in [3.05, 3.63) is 11.5 Å². The number of allylic oxidation sites excluding steroid dienone is 1. The van der Waals surface area contributed by atoms with Crippen molar-refractivity contribution in [2.45, 2.75) is 30.8 Å². The molecular weight excluding hydrogens is 196 g/mol. The molecule has 0 amide bonds. The highest BCUT2D eigenvalue weighted by Crippen LogP contribution is 2.19. The fourth-order valence-electron chi connectivity index (χ4n) is 0.311. The summed E-state index contributed by atoms with van der Waals surface area (Å²) in [4.78, 5) is 0.596. The first-order valence-corrected chi connectivity index (χ1v) is 4.95. The summed E-state index contributed by atoms with van der Waals surface area (Å²) in [6.45, 7) is 6.42. The molecular formula is C7H13BrS. The quantitative estimate of drug-likeness (QED) is 0.641. The van der Waals surface area contributed by atoms with Gasteiger partial charge >= 0.3 is 0 Å². The second-order valence-corrected chi connectivity index (χ2v) is 4.72. The molecule has 0 bridgehead atoms. The Hall–Kier alpha value is 0.570. The molecule has 0 aliphatic rings. The fraction of sp³-hybridized carbons (Fsp3) is 0.714. The van der Waals surface area contributed by atoms with Gasteiger partial charge in [-0.1, -0.05) is 35.9 Å². The minimum absolute atomic E-state index is 0.596. The highest BCUT2D eigenvalue weighted by molar-refractivity contribution is 9.09. The predicted octanol–water partition coefficient (Wildman–Crippen LogP) is 3.43. The molecule has 0 saturated carbocycles. The summed E-state index contributed by atoms with van der Waals surface area (Å²) < 4.78 is 0. The van der Waals surface area contributed by atoms with E-state index >= 15 is 0 Å². The molecule has 2 unspecified atom stereocenters. The lowest BCUT2D eigenvalue weighted by Gasteiger charge is -2.09. The monoisotopic (exact) mass is 208 g/mol. The third-order valence-corrected chi connectivity index (χ3v) is 3.49. The first-order chi connectivity index (χ1) is 4.18. The van der Waals surface area contributed by atoms with Crippen molar-refractivity contribution in [2.75, 3.05) is 0 Å². The molecule has 0 fully saturated rings. The number of alkyl halides is 1. The van der Waals surface area contributed by atoms with Crippen LogP contribution in [0.25, 0.3) is 0 Å². The Morgan fingerprint density at radius 3 is 2.33 bits per heavy atom. The fourth-order valence-corrected chi connectivity index (χ4v) is 1.31. The molecule has 2 heteroatoms. The molecule has 0 aliphatic carbocycles. The molecule has 0 saturated heterocycles. The molecule has 0 N–H and O–H groups in total. The molecule has 0 rings (SSSR count). The average Bonchev–Trinajstić information content (AvgIpc) is 1.82. The van der Waals surface area contributed by atoms with Crippen molar-refractivity contribution >= 4 is 27.7 Å². The van der Waals surface area contributed by atoms with Crippen molar-refractivity contribution in [2.24, 2.45) is 0 Å². The molecule has 9 heavy (non-hydrogen) atoms. The van der Waals surface area contributed by atoms with Gasteiger partial charge in [0.2, 0.25) is 0 Å². The van der Waals surface area contributed by atoms with Crippen LogP contribution in [0.3, 0.4) is 0 Å². The van der Waals surface area contributed by atoms with Crippen molar-refractivity contribution in [1.82, 2.24) is 0 Å². The van der Waals surface area contributed by atoms with Crippen LogP contribution in [0.2, 0.25) is 0 Å². The van der Waals surface area contributed by atoms with Gasteiger partial charge in [-0.2, -0.15) is 0 Å². The maximum Gasteiger partial charge on any atom is 0.0237 e. The Kier molecular flexibility index (Phi) is 5.70. The SMILES string of the molecule is C/C=C\SC(C)C(C)Br. The maximum atomic E-state index is 3.52. The number of rotatable bonds is 3. The van der Waals surface area contributed by atoms with Crippen LogP contribution in [-0.2, 0) is 0 Å². The minimum atomic E-state index is 0.596. The third-order valence-electron chi connectivity index (χ3n) is 1.08. The zero-order valence-electron chi connectivity index (χ0n) is 6.10. The largest absolute Gasteiger partial charge is 0.130 e. The van der Waals surface area contributed by atoms with E-state index in [4.69, 9.17) is 0 Å². The smallest absolute Gasteiger partial charge is 0.0237 e. The summed E-state index contributed by atoms with van der Waals surface area (Å²) in [5.74, 6) is 0. The van der Waals surface area contributed by atoms with E-state index in [0.29, 0.717) is 10.1 Å². The van der Waals surface area contributed by atoms with Gasteiger partial charge in [0.1, 0.15) is 0 Å². The zero-order chi connectivity index (χ0) is 7.28. The van der Waals surface area contributed by atoms with E-state index in [1.54, 1.807) is 0 Å².